The number of nitrogens with one attached hydrogen (secondary N) is 2. The van der Waals surface area contributed by atoms with Crippen LogP contribution in [-0.2, 0) is 4.79 Å². The topological polar surface area (TPSA) is 76.7 Å². The molecule has 0 bridgehead atoms. The van der Waals surface area contributed by atoms with Crippen LogP contribution in [-0.4, -0.2) is 24.5 Å². The summed E-state index contributed by atoms with van der Waals surface area (Å²) in [6, 6.07) is 12.2. The summed E-state index contributed by atoms with van der Waals surface area (Å²) in [7, 11) is 0. The number of fused-ring (bicyclic) bond motifs is 1. The molecule has 0 saturated heterocycles. The molecule has 6 nitrogen and oxygen atoms in total. The summed E-state index contributed by atoms with van der Waals surface area (Å²) in [5.41, 5.74) is 1.50. The van der Waals surface area contributed by atoms with Gasteiger partial charge in [-0.25, -0.2) is 0 Å². The monoisotopic (exact) mass is 326 g/mol. The van der Waals surface area contributed by atoms with Gasteiger partial charge in [-0.05, 0) is 44.2 Å². The lowest BCUT2D eigenvalue weighted by molar-refractivity contribution is -0.118. The van der Waals surface area contributed by atoms with Crippen molar-refractivity contribution in [3.05, 3.63) is 48.0 Å². The van der Waals surface area contributed by atoms with E-state index >= 15 is 0 Å². The van der Waals surface area contributed by atoms with Crippen LogP contribution in [0.4, 0.5) is 11.4 Å². The molecule has 1 aliphatic rings. The van der Waals surface area contributed by atoms with E-state index in [0.717, 1.165) is 0 Å². The zero-order valence-electron chi connectivity index (χ0n) is 13.5. The molecule has 2 N–H and O–H groups in total. The Balaban J connectivity index is 1.81. The van der Waals surface area contributed by atoms with Crippen LogP contribution in [0, 0.1) is 0 Å². The summed E-state index contributed by atoms with van der Waals surface area (Å²) >= 11 is 0. The van der Waals surface area contributed by atoms with Crippen molar-refractivity contribution < 1.29 is 19.1 Å². The Labute approximate surface area is 139 Å². The van der Waals surface area contributed by atoms with Crippen LogP contribution >= 0.6 is 0 Å². The van der Waals surface area contributed by atoms with Gasteiger partial charge in [-0.1, -0.05) is 12.1 Å². The van der Waals surface area contributed by atoms with Crippen LogP contribution in [0.5, 0.6) is 11.5 Å². The van der Waals surface area contributed by atoms with Crippen LogP contribution in [0.1, 0.15) is 24.2 Å². The number of rotatable bonds is 4. The molecule has 1 aliphatic heterocycles. The summed E-state index contributed by atoms with van der Waals surface area (Å²) in [6.07, 6.45) is -0.000780. The second-order valence-electron chi connectivity index (χ2n) is 5.66. The predicted molar refractivity (Wildman–Crippen MR) is 90.7 cm³/mol. The van der Waals surface area contributed by atoms with Crippen LogP contribution in [0.2, 0.25) is 0 Å². The van der Waals surface area contributed by atoms with Crippen molar-refractivity contribution >= 4 is 23.2 Å². The Hall–Kier alpha value is -3.02. The fourth-order valence-corrected chi connectivity index (χ4v) is 2.35. The number of ether oxygens (including phenoxy) is 2. The minimum Gasteiger partial charge on any atom is -0.489 e. The fraction of sp³-hybridized carbons (Fsp3) is 0.222. The van der Waals surface area contributed by atoms with Crippen molar-refractivity contribution in [3.8, 4) is 11.5 Å². The van der Waals surface area contributed by atoms with E-state index in [1.807, 2.05) is 26.0 Å². The van der Waals surface area contributed by atoms with Crippen molar-refractivity contribution in [2.24, 2.45) is 0 Å². The molecule has 2 aromatic rings. The van der Waals surface area contributed by atoms with Gasteiger partial charge in [0, 0.05) is 5.56 Å². The molecular weight excluding hydrogens is 308 g/mol. The molecule has 2 aromatic carbocycles. The number of carbonyl (C=O) groups excluding carboxylic acids is 2. The molecule has 2 amide bonds. The van der Waals surface area contributed by atoms with Gasteiger partial charge in [-0.2, -0.15) is 0 Å². The lowest BCUT2D eigenvalue weighted by Crippen LogP contribution is -2.25. The van der Waals surface area contributed by atoms with Crippen LogP contribution in [0.15, 0.2) is 42.5 Å². The normalized spacial score (nSPS) is 12.9. The zero-order chi connectivity index (χ0) is 17.1. The number of para-hydroxylation sites is 2. The summed E-state index contributed by atoms with van der Waals surface area (Å²) in [4.78, 5) is 23.9. The van der Waals surface area contributed by atoms with Gasteiger partial charge < -0.3 is 20.1 Å². The van der Waals surface area contributed by atoms with Crippen molar-refractivity contribution in [2.45, 2.75) is 20.0 Å². The summed E-state index contributed by atoms with van der Waals surface area (Å²) < 4.78 is 11.0. The first kappa shape index (κ1) is 15.9. The minimum absolute atomic E-state index is 0.000780. The summed E-state index contributed by atoms with van der Waals surface area (Å²) in [5.74, 6) is 0.623. The zero-order valence-corrected chi connectivity index (χ0v) is 13.5. The molecule has 3 rings (SSSR count). The average Bonchev–Trinajstić information content (AvgIpc) is 2.55. The van der Waals surface area contributed by atoms with Gasteiger partial charge in [0.2, 0.25) is 0 Å². The first-order chi connectivity index (χ1) is 11.5. The van der Waals surface area contributed by atoms with Crippen LogP contribution in [0.25, 0.3) is 0 Å². The Morgan fingerprint density at radius 1 is 1.25 bits per heavy atom. The first-order valence-corrected chi connectivity index (χ1v) is 7.66. The Bertz CT molecular complexity index is 786. The van der Waals surface area contributed by atoms with Crippen molar-refractivity contribution in [1.82, 2.24) is 0 Å². The first-order valence-electron chi connectivity index (χ1n) is 7.66. The molecule has 124 valence electrons. The number of hydrogen-bond donors (Lipinski definition) is 2. The third-order valence-electron chi connectivity index (χ3n) is 3.37. The van der Waals surface area contributed by atoms with Gasteiger partial charge in [0.1, 0.15) is 11.5 Å². The summed E-state index contributed by atoms with van der Waals surface area (Å²) in [5, 5.41) is 5.52. The van der Waals surface area contributed by atoms with E-state index in [4.69, 9.17) is 9.47 Å². The third-order valence-corrected chi connectivity index (χ3v) is 3.37. The number of benzene rings is 2. The highest BCUT2D eigenvalue weighted by Crippen LogP contribution is 2.30. The van der Waals surface area contributed by atoms with Crippen molar-refractivity contribution in [2.75, 3.05) is 17.2 Å². The van der Waals surface area contributed by atoms with Crippen LogP contribution < -0.4 is 20.1 Å². The van der Waals surface area contributed by atoms with Gasteiger partial charge in [-0.3, -0.25) is 9.59 Å². The third kappa shape index (κ3) is 3.48. The van der Waals surface area contributed by atoms with Gasteiger partial charge in [-0.15, -0.1) is 0 Å². The van der Waals surface area contributed by atoms with Gasteiger partial charge in [0.25, 0.3) is 11.8 Å². The second kappa shape index (κ2) is 6.62. The Kier molecular flexibility index (Phi) is 4.37. The van der Waals surface area contributed by atoms with E-state index in [2.05, 4.69) is 10.6 Å². The smallest absolute Gasteiger partial charge is 0.262 e. The standard InChI is InChI=1S/C18H18N2O4/c1-11(2)24-16-6-4-3-5-13(16)20-18(22)12-7-8-15-14(9-12)19-17(21)10-23-15/h3-9,11H,10H2,1-2H3,(H,19,21)(H,20,22). The van der Waals surface area contributed by atoms with E-state index in [1.54, 1.807) is 30.3 Å². The highest BCUT2D eigenvalue weighted by atomic mass is 16.5. The summed E-state index contributed by atoms with van der Waals surface area (Å²) in [6.45, 7) is 3.83. The maximum atomic E-state index is 12.5. The predicted octanol–water partition coefficient (Wildman–Crippen LogP) is 3.06. The Morgan fingerprint density at radius 3 is 2.83 bits per heavy atom. The van der Waals surface area contributed by atoms with E-state index < -0.39 is 0 Å². The highest BCUT2D eigenvalue weighted by Gasteiger charge is 2.18. The van der Waals surface area contributed by atoms with E-state index in [0.29, 0.717) is 28.4 Å². The average molecular weight is 326 g/mol. The quantitative estimate of drug-likeness (QED) is 0.905. The maximum Gasteiger partial charge on any atom is 0.262 e. The second-order valence-corrected chi connectivity index (χ2v) is 5.66. The number of anilines is 2. The Morgan fingerprint density at radius 2 is 2.04 bits per heavy atom. The molecular formula is C18H18N2O4. The van der Waals surface area contributed by atoms with E-state index in [9.17, 15) is 9.59 Å². The molecule has 0 fully saturated rings. The van der Waals surface area contributed by atoms with Crippen molar-refractivity contribution in [3.63, 3.8) is 0 Å². The molecule has 0 atom stereocenters. The molecule has 0 aliphatic carbocycles. The van der Waals surface area contributed by atoms with E-state index in [1.165, 1.54) is 0 Å². The van der Waals surface area contributed by atoms with Crippen LogP contribution in [0.3, 0.4) is 0 Å². The highest BCUT2D eigenvalue weighted by molar-refractivity contribution is 6.06. The lowest BCUT2D eigenvalue weighted by Gasteiger charge is -2.19. The lowest BCUT2D eigenvalue weighted by atomic mass is 10.1. The largest absolute Gasteiger partial charge is 0.489 e. The molecule has 0 unspecified atom stereocenters. The molecule has 0 aromatic heterocycles. The molecule has 0 radical (unpaired) electrons. The minimum atomic E-state index is -0.294. The van der Waals surface area contributed by atoms with E-state index in [-0.39, 0.29) is 24.5 Å². The van der Waals surface area contributed by atoms with Gasteiger partial charge in [0.15, 0.2) is 6.61 Å². The SMILES string of the molecule is CC(C)Oc1ccccc1NC(=O)c1ccc2c(c1)NC(=O)CO2. The number of carbonyl (C=O) groups is 2. The van der Waals surface area contributed by atoms with Gasteiger partial charge >= 0.3 is 0 Å². The fourth-order valence-electron chi connectivity index (χ4n) is 2.35. The van der Waals surface area contributed by atoms with Crippen molar-refractivity contribution in [1.29, 1.82) is 0 Å². The number of hydrogen-bond acceptors (Lipinski definition) is 4. The maximum absolute atomic E-state index is 12.5. The molecule has 0 spiro atoms. The molecule has 0 saturated carbocycles. The molecule has 1 heterocycles. The molecule has 6 heteroatoms. The molecule has 24 heavy (non-hydrogen) atoms. The van der Waals surface area contributed by atoms with Gasteiger partial charge in [0.05, 0.1) is 17.5 Å². The number of amides is 2.